The Morgan fingerprint density at radius 2 is 2.08 bits per heavy atom. The molecule has 5 nitrogen and oxygen atoms in total. The van der Waals surface area contributed by atoms with Crippen LogP contribution in [0.4, 0.5) is 0 Å². The van der Waals surface area contributed by atoms with Crippen molar-refractivity contribution in [1.29, 1.82) is 0 Å². The Kier molecular flexibility index (Phi) is 5.51. The SMILES string of the molecule is Cc1c(C(=O)N2C3CCNCC2CC3)cnn1-c1cccc(Br)c1.Cl. The Morgan fingerprint density at radius 3 is 2.88 bits per heavy atom. The second-order valence-electron chi connectivity index (χ2n) is 6.63. The lowest BCUT2D eigenvalue weighted by Crippen LogP contribution is -2.42. The van der Waals surface area contributed by atoms with Gasteiger partial charge in [-0.2, -0.15) is 5.10 Å². The molecule has 2 aliphatic rings. The maximum Gasteiger partial charge on any atom is 0.257 e. The number of nitrogens with one attached hydrogen (secondary N) is 1. The Balaban J connectivity index is 0.00000182. The minimum Gasteiger partial charge on any atom is -0.331 e. The number of fused-ring (bicyclic) bond motifs is 2. The van der Waals surface area contributed by atoms with Crippen LogP contribution in [0.2, 0.25) is 0 Å². The fourth-order valence-corrected chi connectivity index (χ4v) is 4.33. The van der Waals surface area contributed by atoms with Gasteiger partial charge < -0.3 is 10.2 Å². The molecule has 0 spiro atoms. The molecule has 0 saturated carbocycles. The highest BCUT2D eigenvalue weighted by atomic mass is 79.9. The lowest BCUT2D eigenvalue weighted by molar-refractivity contribution is 0.0679. The van der Waals surface area contributed by atoms with Gasteiger partial charge in [-0.15, -0.1) is 12.4 Å². The van der Waals surface area contributed by atoms with Gasteiger partial charge in [0, 0.05) is 23.1 Å². The second kappa shape index (κ2) is 7.48. The van der Waals surface area contributed by atoms with Crippen LogP contribution in [0.15, 0.2) is 34.9 Å². The molecule has 4 rings (SSSR count). The van der Waals surface area contributed by atoms with E-state index in [2.05, 4.69) is 31.2 Å². The third-order valence-electron chi connectivity index (χ3n) is 5.18. The number of rotatable bonds is 2. The minimum atomic E-state index is 0. The summed E-state index contributed by atoms with van der Waals surface area (Å²) in [5.41, 5.74) is 2.57. The molecule has 3 heterocycles. The monoisotopic (exact) mass is 424 g/mol. The molecule has 1 aromatic heterocycles. The van der Waals surface area contributed by atoms with Crippen LogP contribution in [-0.2, 0) is 0 Å². The summed E-state index contributed by atoms with van der Waals surface area (Å²) in [5.74, 6) is 0.130. The van der Waals surface area contributed by atoms with Crippen molar-refractivity contribution in [1.82, 2.24) is 20.0 Å². The quantitative estimate of drug-likeness (QED) is 0.803. The Labute approximate surface area is 162 Å². The number of nitrogens with zero attached hydrogens (tertiary/aromatic N) is 3. The smallest absolute Gasteiger partial charge is 0.257 e. The van der Waals surface area contributed by atoms with E-state index >= 15 is 0 Å². The molecule has 7 heteroatoms. The molecule has 134 valence electrons. The molecule has 2 unspecified atom stereocenters. The Hall–Kier alpha value is -1.37. The van der Waals surface area contributed by atoms with Gasteiger partial charge in [-0.05, 0) is 50.9 Å². The number of carbonyl (C=O) groups excluding carboxylic acids is 1. The van der Waals surface area contributed by atoms with Gasteiger partial charge in [0.25, 0.3) is 5.91 Å². The van der Waals surface area contributed by atoms with E-state index in [1.54, 1.807) is 6.20 Å². The standard InChI is InChI=1S/C18H21BrN4O.ClH/c1-12-17(11-21-23(12)15-4-2-3-13(19)9-15)18(24)22-14-5-6-16(22)10-20-8-7-14;/h2-4,9,11,14,16,20H,5-8,10H2,1H3;1H. The normalized spacial score (nSPS) is 22.4. The fraction of sp³-hybridized carbons (Fsp3) is 0.444. The second-order valence-corrected chi connectivity index (χ2v) is 7.54. The van der Waals surface area contributed by atoms with E-state index < -0.39 is 0 Å². The van der Waals surface area contributed by atoms with Crippen molar-refractivity contribution in [2.24, 2.45) is 0 Å². The summed E-state index contributed by atoms with van der Waals surface area (Å²) in [6, 6.07) is 8.65. The van der Waals surface area contributed by atoms with Crippen LogP contribution < -0.4 is 5.32 Å². The van der Waals surface area contributed by atoms with Crippen LogP contribution in [0, 0.1) is 6.92 Å². The molecule has 0 radical (unpaired) electrons. The van der Waals surface area contributed by atoms with Crippen LogP contribution in [0.5, 0.6) is 0 Å². The zero-order valence-electron chi connectivity index (χ0n) is 14.1. The van der Waals surface area contributed by atoms with Crippen molar-refractivity contribution in [2.75, 3.05) is 13.1 Å². The van der Waals surface area contributed by atoms with Crippen molar-refractivity contribution in [3.63, 3.8) is 0 Å². The molecule has 1 aromatic carbocycles. The van der Waals surface area contributed by atoms with Crippen molar-refractivity contribution in [2.45, 2.75) is 38.3 Å². The fourth-order valence-electron chi connectivity index (χ4n) is 3.94. The average molecular weight is 426 g/mol. The van der Waals surface area contributed by atoms with E-state index in [-0.39, 0.29) is 18.3 Å². The molecule has 0 aliphatic carbocycles. The molecule has 25 heavy (non-hydrogen) atoms. The molecular formula is C18H22BrClN4O. The third kappa shape index (κ3) is 3.35. The van der Waals surface area contributed by atoms with Gasteiger partial charge in [0.15, 0.2) is 0 Å². The number of benzene rings is 1. The maximum atomic E-state index is 13.2. The first-order valence-corrected chi connectivity index (χ1v) is 9.28. The first-order chi connectivity index (χ1) is 11.6. The molecule has 2 aliphatic heterocycles. The van der Waals surface area contributed by atoms with Crippen molar-refractivity contribution in [3.8, 4) is 5.69 Å². The van der Waals surface area contributed by atoms with Gasteiger partial charge in [0.1, 0.15) is 0 Å². The molecule has 1 amide bonds. The van der Waals surface area contributed by atoms with E-state index in [9.17, 15) is 4.79 Å². The number of halogens is 2. The number of hydrogen-bond acceptors (Lipinski definition) is 3. The lowest BCUT2D eigenvalue weighted by Gasteiger charge is -2.27. The predicted octanol–water partition coefficient (Wildman–Crippen LogP) is 3.33. The highest BCUT2D eigenvalue weighted by molar-refractivity contribution is 9.10. The minimum absolute atomic E-state index is 0. The van der Waals surface area contributed by atoms with Gasteiger partial charge in [0.05, 0.1) is 23.1 Å². The van der Waals surface area contributed by atoms with Crippen molar-refractivity contribution >= 4 is 34.2 Å². The molecule has 2 bridgehead atoms. The van der Waals surface area contributed by atoms with Crippen molar-refractivity contribution in [3.05, 3.63) is 46.2 Å². The van der Waals surface area contributed by atoms with Gasteiger partial charge in [-0.25, -0.2) is 4.68 Å². The summed E-state index contributed by atoms with van der Waals surface area (Å²) < 4.78 is 2.84. The summed E-state index contributed by atoms with van der Waals surface area (Å²) in [7, 11) is 0. The van der Waals surface area contributed by atoms with E-state index in [0.29, 0.717) is 17.6 Å². The van der Waals surface area contributed by atoms with E-state index in [1.807, 2.05) is 35.9 Å². The highest BCUT2D eigenvalue weighted by Gasteiger charge is 2.39. The summed E-state index contributed by atoms with van der Waals surface area (Å²) in [5, 5.41) is 7.92. The molecule has 1 N–H and O–H groups in total. The zero-order valence-corrected chi connectivity index (χ0v) is 16.5. The van der Waals surface area contributed by atoms with E-state index in [1.165, 1.54) is 0 Å². The molecule has 2 saturated heterocycles. The number of amides is 1. The van der Waals surface area contributed by atoms with Gasteiger partial charge in [-0.3, -0.25) is 4.79 Å². The van der Waals surface area contributed by atoms with Crippen LogP contribution in [0.1, 0.15) is 35.3 Å². The van der Waals surface area contributed by atoms with Gasteiger partial charge in [0.2, 0.25) is 0 Å². The van der Waals surface area contributed by atoms with Crippen LogP contribution in [0.25, 0.3) is 5.69 Å². The maximum absolute atomic E-state index is 13.2. The topological polar surface area (TPSA) is 50.2 Å². The van der Waals surface area contributed by atoms with Gasteiger partial charge >= 0.3 is 0 Å². The van der Waals surface area contributed by atoms with Crippen LogP contribution in [-0.4, -0.2) is 45.8 Å². The Bertz CT molecular complexity index is 764. The van der Waals surface area contributed by atoms with Crippen LogP contribution in [0.3, 0.4) is 0 Å². The number of carbonyl (C=O) groups is 1. The molecule has 2 atom stereocenters. The Morgan fingerprint density at radius 1 is 1.28 bits per heavy atom. The first kappa shape index (κ1) is 18.4. The van der Waals surface area contributed by atoms with E-state index in [4.69, 9.17) is 0 Å². The zero-order chi connectivity index (χ0) is 16.7. The summed E-state index contributed by atoms with van der Waals surface area (Å²) in [4.78, 5) is 15.3. The molecule has 2 aromatic rings. The van der Waals surface area contributed by atoms with Crippen molar-refractivity contribution < 1.29 is 4.79 Å². The largest absolute Gasteiger partial charge is 0.331 e. The summed E-state index contributed by atoms with van der Waals surface area (Å²) in [6.07, 6.45) is 4.98. The van der Waals surface area contributed by atoms with Crippen LogP contribution >= 0.6 is 28.3 Å². The third-order valence-corrected chi connectivity index (χ3v) is 5.67. The number of hydrogen-bond donors (Lipinski definition) is 1. The van der Waals surface area contributed by atoms with Gasteiger partial charge in [-0.1, -0.05) is 22.0 Å². The predicted molar refractivity (Wildman–Crippen MR) is 104 cm³/mol. The summed E-state index contributed by atoms with van der Waals surface area (Å²) in [6.45, 7) is 3.88. The number of aromatic nitrogens is 2. The summed E-state index contributed by atoms with van der Waals surface area (Å²) >= 11 is 3.49. The highest BCUT2D eigenvalue weighted by Crippen LogP contribution is 2.30. The molecular weight excluding hydrogens is 404 g/mol. The first-order valence-electron chi connectivity index (χ1n) is 8.49. The molecule has 2 fully saturated rings. The lowest BCUT2D eigenvalue weighted by atomic mass is 10.1. The van der Waals surface area contributed by atoms with E-state index in [0.717, 1.165) is 48.2 Å². The average Bonchev–Trinajstić information content (AvgIpc) is 3.05.